The molecular weight excluding hydrogens is 716 g/mol. The Morgan fingerprint density at radius 2 is 0.875 bits per heavy atom. The van der Waals surface area contributed by atoms with E-state index >= 15 is 0 Å². The molecular formula is C44H40N2O10. The van der Waals surface area contributed by atoms with E-state index in [-0.39, 0.29) is 48.1 Å². The molecule has 0 amide bonds. The number of ether oxygens (including phenoxy) is 6. The molecule has 56 heavy (non-hydrogen) atoms. The van der Waals surface area contributed by atoms with E-state index in [2.05, 4.69) is 0 Å². The number of esters is 2. The third-order valence-corrected chi connectivity index (χ3v) is 8.15. The molecule has 12 heteroatoms. The van der Waals surface area contributed by atoms with Crippen LogP contribution in [0, 0.1) is 10.1 Å². The van der Waals surface area contributed by atoms with Gasteiger partial charge in [0, 0.05) is 18.2 Å². The van der Waals surface area contributed by atoms with Crippen LogP contribution in [0.3, 0.4) is 0 Å². The monoisotopic (exact) mass is 756 g/mol. The molecule has 0 spiro atoms. The zero-order valence-electron chi connectivity index (χ0n) is 30.8. The molecule has 0 bridgehead atoms. The first-order valence-electron chi connectivity index (χ1n) is 17.3. The van der Waals surface area contributed by atoms with Gasteiger partial charge in [-0.3, -0.25) is 10.1 Å². The van der Waals surface area contributed by atoms with Gasteiger partial charge in [0.1, 0.15) is 32.0 Å². The molecule has 12 nitrogen and oxygen atoms in total. The molecule has 2 N–H and O–H groups in total. The molecule has 0 unspecified atom stereocenters. The minimum Gasteiger partial charge on any atom is -0.493 e. The number of nitrogens with zero attached hydrogens (tertiary/aromatic N) is 1. The van der Waals surface area contributed by atoms with Crippen LogP contribution < -0.4 is 24.7 Å². The van der Waals surface area contributed by atoms with Crippen molar-refractivity contribution in [1.82, 2.24) is 0 Å². The number of nitro benzene ring substituents is 1. The lowest BCUT2D eigenvalue weighted by Gasteiger charge is -2.14. The first-order valence-corrected chi connectivity index (χ1v) is 17.3. The second-order valence-electron chi connectivity index (χ2n) is 12.0. The van der Waals surface area contributed by atoms with Crippen LogP contribution in [-0.2, 0) is 35.9 Å². The first-order chi connectivity index (χ1) is 27.2. The highest BCUT2D eigenvalue weighted by atomic mass is 16.6. The van der Waals surface area contributed by atoms with Crippen LogP contribution in [0.2, 0.25) is 0 Å². The molecule has 0 atom stereocenters. The summed E-state index contributed by atoms with van der Waals surface area (Å²) in [6.07, 6.45) is 0. The second-order valence-corrected chi connectivity index (χ2v) is 12.0. The molecule has 6 aromatic carbocycles. The van der Waals surface area contributed by atoms with Crippen LogP contribution in [0.5, 0.6) is 23.0 Å². The number of nitro groups is 1. The zero-order valence-corrected chi connectivity index (χ0v) is 30.8. The molecule has 0 saturated carbocycles. The molecule has 0 aromatic heterocycles. The van der Waals surface area contributed by atoms with Crippen molar-refractivity contribution in [1.29, 1.82) is 0 Å². The number of methoxy groups -OCH3 is 2. The van der Waals surface area contributed by atoms with Crippen molar-refractivity contribution in [2.45, 2.75) is 26.4 Å². The lowest BCUT2D eigenvalue weighted by molar-refractivity contribution is -0.385. The van der Waals surface area contributed by atoms with Gasteiger partial charge in [0.25, 0.3) is 5.69 Å². The van der Waals surface area contributed by atoms with E-state index in [9.17, 15) is 19.7 Å². The van der Waals surface area contributed by atoms with Crippen molar-refractivity contribution in [3.05, 3.63) is 189 Å². The third-order valence-electron chi connectivity index (χ3n) is 8.15. The second kappa shape index (κ2) is 20.2. The predicted molar refractivity (Wildman–Crippen MR) is 210 cm³/mol. The van der Waals surface area contributed by atoms with Gasteiger partial charge in [0.2, 0.25) is 0 Å². The SMILES string of the molecule is COc1cc(C(=O)OCc2ccccc2)c(N)cc1OCc1ccccc1.COc1cc(C(=O)OCc2ccccc2)c([N+](=O)[O-])cc1OCc1ccccc1. The Kier molecular flexibility index (Phi) is 14.4. The van der Waals surface area contributed by atoms with Crippen molar-refractivity contribution in [2.24, 2.45) is 0 Å². The minimum absolute atomic E-state index is 0.00536. The van der Waals surface area contributed by atoms with Crippen molar-refractivity contribution in [3.8, 4) is 23.0 Å². The molecule has 0 fully saturated rings. The molecule has 0 radical (unpaired) electrons. The highest BCUT2D eigenvalue weighted by molar-refractivity contribution is 5.96. The lowest BCUT2D eigenvalue weighted by atomic mass is 10.1. The van der Waals surface area contributed by atoms with E-state index in [1.54, 1.807) is 24.3 Å². The van der Waals surface area contributed by atoms with Gasteiger partial charge in [-0.1, -0.05) is 121 Å². The minimum atomic E-state index is -0.812. The summed E-state index contributed by atoms with van der Waals surface area (Å²) < 4.78 is 32.7. The van der Waals surface area contributed by atoms with Crippen molar-refractivity contribution in [2.75, 3.05) is 20.0 Å². The zero-order chi connectivity index (χ0) is 39.7. The predicted octanol–water partition coefficient (Wildman–Crippen LogP) is 8.75. The molecule has 6 rings (SSSR count). The quantitative estimate of drug-likeness (QED) is 0.0462. The summed E-state index contributed by atoms with van der Waals surface area (Å²) in [5.41, 5.74) is 9.55. The third kappa shape index (κ3) is 11.3. The summed E-state index contributed by atoms with van der Waals surface area (Å²) in [6.45, 7) is 0.750. The Morgan fingerprint density at radius 3 is 1.27 bits per heavy atom. The van der Waals surface area contributed by atoms with Gasteiger partial charge in [-0.2, -0.15) is 0 Å². The topological polar surface area (TPSA) is 159 Å². The summed E-state index contributed by atoms with van der Waals surface area (Å²) >= 11 is 0. The van der Waals surface area contributed by atoms with E-state index in [0.717, 1.165) is 22.3 Å². The van der Waals surface area contributed by atoms with Crippen LogP contribution in [-0.4, -0.2) is 31.1 Å². The van der Waals surface area contributed by atoms with Gasteiger partial charge >= 0.3 is 11.9 Å². The largest absolute Gasteiger partial charge is 0.493 e. The maximum absolute atomic E-state index is 12.5. The number of nitrogens with two attached hydrogens (primary N) is 1. The maximum atomic E-state index is 12.5. The number of hydrogen-bond acceptors (Lipinski definition) is 11. The summed E-state index contributed by atoms with van der Waals surface area (Å²) in [7, 11) is 2.91. The fourth-order valence-electron chi connectivity index (χ4n) is 5.23. The van der Waals surface area contributed by atoms with E-state index < -0.39 is 22.5 Å². The van der Waals surface area contributed by atoms with Crippen molar-refractivity contribution in [3.63, 3.8) is 0 Å². The Morgan fingerprint density at radius 1 is 0.518 bits per heavy atom. The highest BCUT2D eigenvalue weighted by Crippen LogP contribution is 2.36. The van der Waals surface area contributed by atoms with Gasteiger partial charge in [0.15, 0.2) is 23.0 Å². The number of carbonyl (C=O) groups is 2. The number of rotatable bonds is 15. The number of benzene rings is 6. The average Bonchev–Trinajstić information content (AvgIpc) is 3.24. The molecule has 0 aliphatic carbocycles. The fraction of sp³-hybridized carbons (Fsp3) is 0.136. The average molecular weight is 757 g/mol. The Balaban J connectivity index is 0.000000215. The van der Waals surface area contributed by atoms with Crippen LogP contribution in [0.4, 0.5) is 11.4 Å². The molecule has 0 aliphatic heterocycles. The van der Waals surface area contributed by atoms with E-state index in [1.165, 1.54) is 26.4 Å². The van der Waals surface area contributed by atoms with Crippen molar-refractivity contribution < 1.29 is 42.9 Å². The number of nitrogen functional groups attached to an aromatic ring is 1. The molecule has 6 aromatic rings. The van der Waals surface area contributed by atoms with Crippen LogP contribution in [0.25, 0.3) is 0 Å². The van der Waals surface area contributed by atoms with Gasteiger partial charge in [-0.15, -0.1) is 0 Å². The molecule has 286 valence electrons. The summed E-state index contributed by atoms with van der Waals surface area (Å²) in [4.78, 5) is 35.8. The Bertz CT molecular complexity index is 2200. The molecule has 0 heterocycles. The van der Waals surface area contributed by atoms with Gasteiger partial charge < -0.3 is 34.2 Å². The lowest BCUT2D eigenvalue weighted by Crippen LogP contribution is -2.09. The number of carbonyl (C=O) groups excluding carboxylic acids is 2. The van der Waals surface area contributed by atoms with E-state index in [0.29, 0.717) is 18.1 Å². The van der Waals surface area contributed by atoms with Gasteiger partial charge in [-0.25, -0.2) is 9.59 Å². The summed E-state index contributed by atoms with van der Waals surface area (Å²) in [5, 5.41) is 11.5. The van der Waals surface area contributed by atoms with Gasteiger partial charge in [-0.05, 0) is 22.3 Å². The van der Waals surface area contributed by atoms with Crippen LogP contribution in [0.1, 0.15) is 43.0 Å². The number of anilines is 1. The summed E-state index contributed by atoms with van der Waals surface area (Å²) in [6, 6.07) is 43.2. The van der Waals surface area contributed by atoms with Gasteiger partial charge in [0.05, 0.1) is 36.5 Å². The maximum Gasteiger partial charge on any atom is 0.345 e. The Labute approximate surface area is 324 Å². The molecule has 0 aliphatic rings. The van der Waals surface area contributed by atoms with Crippen LogP contribution in [0.15, 0.2) is 146 Å². The first kappa shape index (κ1) is 39.9. The normalized spacial score (nSPS) is 10.2. The Hall–Kier alpha value is -7.34. The standard InChI is InChI=1S/C22H19NO6.C22H21NO4/c1-27-20-12-18(22(24)29-15-17-10-6-3-7-11-17)19(23(25)26)13-21(20)28-14-16-8-4-2-5-9-16;1-25-20-12-18(22(24)27-15-17-10-6-3-7-11-17)19(23)13-21(20)26-14-16-8-4-2-5-9-16/h2-13H,14-15H2,1H3;2-13H,14-15,23H2,1H3. The molecule has 0 saturated heterocycles. The van der Waals surface area contributed by atoms with Crippen molar-refractivity contribution >= 4 is 23.3 Å². The highest BCUT2D eigenvalue weighted by Gasteiger charge is 2.26. The number of hydrogen-bond donors (Lipinski definition) is 1. The fourth-order valence-corrected chi connectivity index (χ4v) is 5.23. The van der Waals surface area contributed by atoms with Crippen LogP contribution >= 0.6 is 0 Å². The smallest absolute Gasteiger partial charge is 0.345 e. The summed E-state index contributed by atoms with van der Waals surface area (Å²) in [5.74, 6) is -0.0520. The van der Waals surface area contributed by atoms with E-state index in [4.69, 9.17) is 34.2 Å². The van der Waals surface area contributed by atoms with E-state index in [1.807, 2.05) is 109 Å².